The van der Waals surface area contributed by atoms with Crippen molar-refractivity contribution < 1.29 is 0 Å². The van der Waals surface area contributed by atoms with Gasteiger partial charge in [-0.15, -0.1) is 0 Å². The van der Waals surface area contributed by atoms with Crippen molar-refractivity contribution in [2.75, 3.05) is 5.32 Å². The van der Waals surface area contributed by atoms with Crippen molar-refractivity contribution >= 4 is 27.6 Å². The van der Waals surface area contributed by atoms with Crippen molar-refractivity contribution in [2.24, 2.45) is 5.92 Å². The van der Waals surface area contributed by atoms with E-state index >= 15 is 0 Å². The first kappa shape index (κ1) is 10.9. The third-order valence-electron chi connectivity index (χ3n) is 3.48. The second-order valence-corrected chi connectivity index (χ2v) is 5.68. The van der Waals surface area contributed by atoms with Crippen molar-refractivity contribution in [3.05, 3.63) is 12.0 Å². The lowest BCUT2D eigenvalue weighted by atomic mass is 10.1. The van der Waals surface area contributed by atoms with E-state index in [4.69, 9.17) is 0 Å². The molecule has 1 fully saturated rings. The lowest BCUT2D eigenvalue weighted by molar-refractivity contribution is 0.602. The minimum absolute atomic E-state index is 0.558. The molecule has 0 saturated heterocycles. The van der Waals surface area contributed by atoms with E-state index in [1.165, 1.54) is 30.8 Å². The van der Waals surface area contributed by atoms with Crippen molar-refractivity contribution in [1.82, 2.24) is 14.3 Å². The van der Waals surface area contributed by atoms with Crippen molar-refractivity contribution in [2.45, 2.75) is 39.2 Å². The van der Waals surface area contributed by atoms with Crippen molar-refractivity contribution in [3.63, 3.8) is 0 Å². The fourth-order valence-corrected chi connectivity index (χ4v) is 3.31. The Morgan fingerprint density at radius 2 is 2.24 bits per heavy atom. The summed E-state index contributed by atoms with van der Waals surface area (Å²) in [7, 11) is 0. The van der Waals surface area contributed by atoms with Gasteiger partial charge in [0.25, 0.3) is 0 Å². The maximum atomic E-state index is 4.37. The van der Waals surface area contributed by atoms with E-state index in [2.05, 4.69) is 26.6 Å². The van der Waals surface area contributed by atoms with E-state index < -0.39 is 0 Å². The highest BCUT2D eigenvalue weighted by atomic mass is 32.1. The Hall–Kier alpha value is -1.23. The third-order valence-corrected chi connectivity index (χ3v) is 4.33. The maximum Gasteiger partial charge on any atom is 0.149 e. The van der Waals surface area contributed by atoms with Crippen LogP contribution in [0.2, 0.25) is 0 Å². The minimum Gasteiger partial charge on any atom is -0.367 e. The Morgan fingerprint density at radius 3 is 3.00 bits per heavy atom. The molecule has 2 atom stereocenters. The average molecular weight is 248 g/mol. The van der Waals surface area contributed by atoms with Gasteiger partial charge in [-0.2, -0.15) is 4.37 Å². The zero-order valence-corrected chi connectivity index (χ0v) is 10.9. The highest BCUT2D eigenvalue weighted by molar-refractivity contribution is 7.13. The number of hydrogen-bond donors (Lipinski definition) is 1. The largest absolute Gasteiger partial charge is 0.367 e. The predicted octanol–water partition coefficient (Wildman–Crippen LogP) is 3.00. The van der Waals surface area contributed by atoms with Crippen LogP contribution in [-0.2, 0) is 0 Å². The summed E-state index contributed by atoms with van der Waals surface area (Å²) in [5, 5.41) is 4.65. The van der Waals surface area contributed by atoms with E-state index in [1.807, 2.05) is 6.92 Å². The second kappa shape index (κ2) is 4.22. The Balaban J connectivity index is 1.92. The van der Waals surface area contributed by atoms with Gasteiger partial charge in [0.05, 0.1) is 11.1 Å². The van der Waals surface area contributed by atoms with Crippen LogP contribution >= 0.6 is 11.5 Å². The zero-order chi connectivity index (χ0) is 11.8. The third kappa shape index (κ3) is 1.99. The fourth-order valence-electron chi connectivity index (χ4n) is 2.56. The molecule has 1 saturated carbocycles. The number of anilines is 1. The van der Waals surface area contributed by atoms with Crippen LogP contribution in [0.4, 0.5) is 5.82 Å². The molecule has 2 heterocycles. The summed E-state index contributed by atoms with van der Waals surface area (Å²) in [4.78, 5) is 9.61. The van der Waals surface area contributed by atoms with Gasteiger partial charge in [0.1, 0.15) is 17.0 Å². The Labute approximate surface area is 105 Å². The minimum atomic E-state index is 0.558. The summed E-state index contributed by atoms with van der Waals surface area (Å²) in [5.41, 5.74) is 1.03. The van der Waals surface area contributed by atoms with Crippen LogP contribution in [0.15, 0.2) is 6.33 Å². The van der Waals surface area contributed by atoms with Gasteiger partial charge in [0, 0.05) is 6.04 Å². The molecule has 3 rings (SSSR count). The molecular formula is C12H16N4S. The lowest BCUT2D eigenvalue weighted by Gasteiger charge is -2.13. The van der Waals surface area contributed by atoms with Gasteiger partial charge in [-0.1, -0.05) is 6.92 Å². The number of fused-ring (bicyclic) bond motifs is 1. The van der Waals surface area contributed by atoms with Gasteiger partial charge in [0.2, 0.25) is 0 Å². The molecule has 1 N–H and O–H groups in total. The van der Waals surface area contributed by atoms with Crippen LogP contribution in [0.25, 0.3) is 10.2 Å². The van der Waals surface area contributed by atoms with Gasteiger partial charge in [-0.05, 0) is 43.6 Å². The molecule has 2 aromatic heterocycles. The van der Waals surface area contributed by atoms with Crippen LogP contribution < -0.4 is 5.32 Å². The van der Waals surface area contributed by atoms with Gasteiger partial charge in [-0.25, -0.2) is 9.97 Å². The Bertz CT molecular complexity index is 536. The number of rotatable bonds is 2. The first-order valence-corrected chi connectivity index (χ1v) is 6.85. The number of nitrogens with one attached hydrogen (secondary N) is 1. The molecule has 1 aliphatic rings. The lowest BCUT2D eigenvalue weighted by Crippen LogP contribution is -2.16. The van der Waals surface area contributed by atoms with E-state index in [9.17, 15) is 0 Å². The summed E-state index contributed by atoms with van der Waals surface area (Å²) >= 11 is 1.45. The molecule has 0 aliphatic heterocycles. The van der Waals surface area contributed by atoms with Crippen LogP contribution in [-0.4, -0.2) is 20.4 Å². The number of nitrogens with zero attached hydrogens (tertiary/aromatic N) is 3. The molecule has 90 valence electrons. The van der Waals surface area contributed by atoms with Gasteiger partial charge in [0.15, 0.2) is 0 Å². The molecule has 5 heteroatoms. The SMILES string of the molecule is Cc1nsc2ncnc(NC3CCC(C)C3)c12. The number of aromatic nitrogens is 3. The number of hydrogen-bond acceptors (Lipinski definition) is 5. The molecule has 2 unspecified atom stereocenters. The quantitative estimate of drug-likeness (QED) is 0.887. The average Bonchev–Trinajstić information content (AvgIpc) is 2.87. The second-order valence-electron chi connectivity index (χ2n) is 4.93. The molecule has 17 heavy (non-hydrogen) atoms. The molecule has 0 spiro atoms. The maximum absolute atomic E-state index is 4.37. The summed E-state index contributed by atoms with van der Waals surface area (Å²) in [6.07, 6.45) is 5.42. The van der Waals surface area contributed by atoms with E-state index in [1.54, 1.807) is 6.33 Å². The summed E-state index contributed by atoms with van der Waals surface area (Å²) < 4.78 is 4.35. The highest BCUT2D eigenvalue weighted by Crippen LogP contribution is 2.30. The first-order chi connectivity index (χ1) is 8.24. The van der Waals surface area contributed by atoms with E-state index in [0.29, 0.717) is 6.04 Å². The van der Waals surface area contributed by atoms with Crippen molar-refractivity contribution in [3.8, 4) is 0 Å². The van der Waals surface area contributed by atoms with Crippen LogP contribution in [0.1, 0.15) is 31.9 Å². The highest BCUT2D eigenvalue weighted by Gasteiger charge is 2.22. The topological polar surface area (TPSA) is 50.7 Å². The Kier molecular flexibility index (Phi) is 2.70. The molecule has 1 aliphatic carbocycles. The van der Waals surface area contributed by atoms with Crippen LogP contribution in [0.5, 0.6) is 0 Å². The molecule has 0 aromatic carbocycles. The summed E-state index contributed by atoms with van der Waals surface area (Å²) in [6.45, 7) is 4.33. The van der Waals surface area contributed by atoms with Gasteiger partial charge >= 0.3 is 0 Å². The molecule has 4 nitrogen and oxygen atoms in total. The summed E-state index contributed by atoms with van der Waals surface area (Å²) in [5.74, 6) is 1.78. The fraction of sp³-hybridized carbons (Fsp3) is 0.583. The van der Waals surface area contributed by atoms with Crippen LogP contribution in [0.3, 0.4) is 0 Å². The molecular weight excluding hydrogens is 232 g/mol. The smallest absolute Gasteiger partial charge is 0.149 e. The Morgan fingerprint density at radius 1 is 1.35 bits per heavy atom. The monoisotopic (exact) mass is 248 g/mol. The van der Waals surface area contributed by atoms with E-state index in [-0.39, 0.29) is 0 Å². The number of aryl methyl sites for hydroxylation is 1. The van der Waals surface area contributed by atoms with Gasteiger partial charge in [-0.3, -0.25) is 0 Å². The molecule has 0 radical (unpaired) electrons. The molecule has 0 bridgehead atoms. The van der Waals surface area contributed by atoms with E-state index in [0.717, 1.165) is 27.6 Å². The molecule has 0 amide bonds. The predicted molar refractivity (Wildman–Crippen MR) is 70.4 cm³/mol. The first-order valence-electron chi connectivity index (χ1n) is 6.07. The normalized spacial score (nSPS) is 24.4. The molecule has 2 aromatic rings. The van der Waals surface area contributed by atoms with Crippen molar-refractivity contribution in [1.29, 1.82) is 0 Å². The summed E-state index contributed by atoms with van der Waals surface area (Å²) in [6, 6.07) is 0.558. The van der Waals surface area contributed by atoms with Gasteiger partial charge < -0.3 is 5.32 Å². The standard InChI is InChI=1S/C12H16N4S/c1-7-3-4-9(5-7)15-11-10-8(2)16-17-12(10)14-6-13-11/h6-7,9H,3-5H2,1-2H3,(H,13,14,15). The zero-order valence-electron chi connectivity index (χ0n) is 10.1. The van der Waals surface area contributed by atoms with Crippen LogP contribution in [0, 0.1) is 12.8 Å².